The zero-order valence-electron chi connectivity index (χ0n) is 46.8. The molecule has 0 aliphatic carbocycles. The van der Waals surface area contributed by atoms with Gasteiger partial charge in [-0.1, -0.05) is 27.7 Å². The number of halogens is 2. The summed E-state index contributed by atoms with van der Waals surface area (Å²) in [6.07, 6.45) is -1.48. The first-order chi connectivity index (χ1) is 36.4. The van der Waals surface area contributed by atoms with Gasteiger partial charge in [0.15, 0.2) is 0 Å². The lowest BCUT2D eigenvalue weighted by Crippen LogP contribution is -2.56. The van der Waals surface area contributed by atoms with Crippen molar-refractivity contribution in [2.75, 3.05) is 13.1 Å². The van der Waals surface area contributed by atoms with Crippen molar-refractivity contribution in [3.8, 4) is 11.4 Å². The standard InChI is InChI=1S/C56H76F2N8O12/c1-13-45(65(59)51(71)29(3)19-47(69)77-55(7,8)9)53(73)63-27-37(75-31(5)67)23-35(63)25-41-39-17-15-33(57)21-43(39)61-49(41)50-42(40-18-16-34(58)22-44(40)62-50)26-36-24-38(76-32(6)68)28-64(36)54(74)46(14-2)66(60)52(72)30(4)20-48(70)78-56(10,11)12/h15-18,21-22,29-30,35-38,45-46,61-62H,13-14,19-20,23-28,59-60H2,1-12H3. The SMILES string of the molecule is CCC(C(=O)N1CC(OC(C)=O)CC1Cc1c(-c2[nH]c3cc(F)ccc3c2CC2CC(OC(C)=O)CN2C(=O)C(CC)N(N)C(=O)C(C)CC(=O)OC(C)(C)C)[nH]c2cc(F)ccc12)N(N)C(=O)C(C)CC(=O)OC(C)(C)C. The second-order valence-electron chi connectivity index (χ2n) is 22.7. The van der Waals surface area contributed by atoms with Crippen molar-refractivity contribution in [3.05, 3.63) is 59.2 Å². The number of aromatic amines is 2. The lowest BCUT2D eigenvalue weighted by molar-refractivity contribution is -0.160. The molecule has 20 nitrogen and oxygen atoms in total. The first kappa shape index (κ1) is 60.3. The van der Waals surface area contributed by atoms with Crippen molar-refractivity contribution in [3.63, 3.8) is 0 Å². The molecule has 2 fully saturated rings. The van der Waals surface area contributed by atoms with Crippen LogP contribution in [0.1, 0.15) is 133 Å². The molecule has 78 heavy (non-hydrogen) atoms. The van der Waals surface area contributed by atoms with Crippen LogP contribution in [0.15, 0.2) is 36.4 Å². The summed E-state index contributed by atoms with van der Waals surface area (Å²) in [7, 11) is 0. The van der Waals surface area contributed by atoms with Crippen LogP contribution in [0, 0.1) is 23.5 Å². The van der Waals surface area contributed by atoms with E-state index >= 15 is 8.78 Å². The largest absolute Gasteiger partial charge is 0.461 e. The van der Waals surface area contributed by atoms with Gasteiger partial charge in [-0.2, -0.15) is 0 Å². The van der Waals surface area contributed by atoms with Crippen LogP contribution in [0.5, 0.6) is 0 Å². The van der Waals surface area contributed by atoms with Crippen LogP contribution in [0.3, 0.4) is 0 Å². The van der Waals surface area contributed by atoms with E-state index in [0.717, 1.165) is 10.0 Å². The summed E-state index contributed by atoms with van der Waals surface area (Å²) in [4.78, 5) is 117. The Morgan fingerprint density at radius 3 is 1.28 bits per heavy atom. The summed E-state index contributed by atoms with van der Waals surface area (Å²) in [5.74, 6) is 5.13. The Labute approximate surface area is 453 Å². The van der Waals surface area contributed by atoms with Gasteiger partial charge in [-0.3, -0.25) is 48.4 Å². The lowest BCUT2D eigenvalue weighted by atomic mass is 9.94. The number of esters is 4. The summed E-state index contributed by atoms with van der Waals surface area (Å²) < 4.78 is 52.6. The zero-order chi connectivity index (χ0) is 57.9. The fraction of sp³-hybridized carbons (Fsp3) is 0.571. The summed E-state index contributed by atoms with van der Waals surface area (Å²) in [5, 5.41) is 2.81. The smallest absolute Gasteiger partial charge is 0.307 e. The lowest BCUT2D eigenvalue weighted by Gasteiger charge is -2.34. The number of fused-ring (bicyclic) bond motifs is 2. The number of hydrazine groups is 2. The molecular weight excluding hydrogens is 1010 g/mol. The zero-order valence-corrected chi connectivity index (χ0v) is 46.8. The third-order valence-corrected chi connectivity index (χ3v) is 14.0. The third kappa shape index (κ3) is 14.4. The Morgan fingerprint density at radius 2 is 0.974 bits per heavy atom. The fourth-order valence-electron chi connectivity index (χ4n) is 10.7. The average Bonchev–Trinajstić information content (AvgIpc) is 4.22. The molecule has 0 saturated carbocycles. The van der Waals surface area contributed by atoms with E-state index in [0.29, 0.717) is 44.3 Å². The van der Waals surface area contributed by atoms with Crippen molar-refractivity contribution < 1.29 is 66.1 Å². The molecule has 0 bridgehead atoms. The number of ether oxygens (including phenoxy) is 4. The van der Waals surface area contributed by atoms with Gasteiger partial charge >= 0.3 is 23.9 Å². The quantitative estimate of drug-likeness (QED) is 0.0259. The van der Waals surface area contributed by atoms with Crippen molar-refractivity contribution in [2.24, 2.45) is 23.5 Å². The predicted molar refractivity (Wildman–Crippen MR) is 284 cm³/mol. The van der Waals surface area contributed by atoms with Crippen LogP contribution in [0.4, 0.5) is 8.78 Å². The molecule has 22 heteroatoms. The molecule has 0 spiro atoms. The molecule has 6 rings (SSSR count). The Hall–Kier alpha value is -6.94. The Morgan fingerprint density at radius 1 is 0.628 bits per heavy atom. The molecule has 2 aliphatic rings. The molecule has 6 N–H and O–H groups in total. The Kier molecular flexibility index (Phi) is 18.8. The van der Waals surface area contributed by atoms with Gasteiger partial charge in [-0.25, -0.2) is 20.5 Å². The minimum Gasteiger partial charge on any atom is -0.461 e. The second kappa shape index (κ2) is 24.4. The first-order valence-electron chi connectivity index (χ1n) is 26.5. The number of nitrogens with zero attached hydrogens (tertiary/aromatic N) is 4. The highest BCUT2D eigenvalue weighted by molar-refractivity contribution is 5.97. The molecule has 4 aromatic rings. The van der Waals surface area contributed by atoms with Crippen molar-refractivity contribution >= 4 is 69.3 Å². The van der Waals surface area contributed by atoms with Crippen molar-refractivity contribution in [2.45, 2.75) is 182 Å². The van der Waals surface area contributed by atoms with E-state index in [-0.39, 0.29) is 64.5 Å². The molecule has 8 unspecified atom stereocenters. The highest BCUT2D eigenvalue weighted by Crippen LogP contribution is 2.41. The molecule has 8 atom stereocenters. The average molecular weight is 1090 g/mol. The van der Waals surface area contributed by atoms with Gasteiger partial charge < -0.3 is 38.7 Å². The summed E-state index contributed by atoms with van der Waals surface area (Å²) in [6, 6.07) is 4.57. The number of aromatic nitrogens is 2. The van der Waals surface area contributed by atoms with Crippen molar-refractivity contribution in [1.82, 2.24) is 29.8 Å². The van der Waals surface area contributed by atoms with Crippen LogP contribution in [0.25, 0.3) is 33.2 Å². The topological polar surface area (TPSA) is 270 Å². The third-order valence-electron chi connectivity index (χ3n) is 14.0. The van der Waals surface area contributed by atoms with E-state index in [1.54, 1.807) is 67.5 Å². The van der Waals surface area contributed by atoms with Gasteiger partial charge in [0.1, 0.15) is 47.1 Å². The number of hydrogen-bond acceptors (Lipinski definition) is 14. The minimum atomic E-state index is -1.20. The number of hydrogen-bond donors (Lipinski definition) is 4. The van der Waals surface area contributed by atoms with Gasteiger partial charge in [0.2, 0.25) is 23.6 Å². The number of carbonyl (C=O) groups is 8. The summed E-state index contributed by atoms with van der Waals surface area (Å²) in [6.45, 7) is 19.0. The molecule has 2 aromatic carbocycles. The number of rotatable bonds is 19. The number of H-pyrrole nitrogens is 2. The van der Waals surface area contributed by atoms with E-state index in [2.05, 4.69) is 9.97 Å². The number of likely N-dealkylation sites (tertiary alicyclic amines) is 2. The van der Waals surface area contributed by atoms with E-state index in [9.17, 15) is 38.4 Å². The molecule has 4 amide bonds. The number of carbonyl (C=O) groups excluding carboxylic acids is 8. The van der Waals surface area contributed by atoms with Crippen LogP contribution in [-0.2, 0) is 70.1 Å². The van der Waals surface area contributed by atoms with Crippen LogP contribution in [-0.4, -0.2) is 138 Å². The molecule has 426 valence electrons. The van der Waals surface area contributed by atoms with E-state index in [1.165, 1.54) is 61.8 Å². The van der Waals surface area contributed by atoms with E-state index < -0.39 is 119 Å². The number of amides is 4. The highest BCUT2D eigenvalue weighted by Gasteiger charge is 2.45. The monoisotopic (exact) mass is 1090 g/mol. The van der Waals surface area contributed by atoms with Crippen LogP contribution in [0.2, 0.25) is 0 Å². The van der Waals surface area contributed by atoms with E-state index in [4.69, 9.17) is 30.6 Å². The normalized spacial score (nSPS) is 19.3. The predicted octanol–water partition coefficient (Wildman–Crippen LogP) is 6.44. The summed E-state index contributed by atoms with van der Waals surface area (Å²) >= 11 is 0. The minimum absolute atomic E-state index is 0.0550. The van der Waals surface area contributed by atoms with Gasteiger partial charge in [-0.15, -0.1) is 0 Å². The fourth-order valence-corrected chi connectivity index (χ4v) is 10.7. The van der Waals surface area contributed by atoms with Gasteiger partial charge in [0, 0.05) is 72.4 Å². The maximum Gasteiger partial charge on any atom is 0.307 e. The molecule has 2 aliphatic heterocycles. The number of benzene rings is 2. The molecular formula is C56H76F2N8O12. The number of nitrogens with two attached hydrogens (primary N) is 2. The van der Waals surface area contributed by atoms with Gasteiger partial charge in [0.25, 0.3) is 0 Å². The van der Waals surface area contributed by atoms with Crippen LogP contribution >= 0.6 is 0 Å². The second-order valence-corrected chi connectivity index (χ2v) is 22.7. The van der Waals surface area contributed by atoms with Gasteiger partial charge in [-0.05, 0) is 115 Å². The maximum absolute atomic E-state index is 15.2. The van der Waals surface area contributed by atoms with Crippen molar-refractivity contribution in [1.29, 1.82) is 0 Å². The highest BCUT2D eigenvalue weighted by atomic mass is 19.1. The number of nitrogens with one attached hydrogen (secondary N) is 2. The molecule has 2 saturated heterocycles. The Bertz CT molecular complexity index is 2730. The van der Waals surface area contributed by atoms with Crippen LogP contribution < -0.4 is 11.7 Å². The first-order valence-corrected chi connectivity index (χ1v) is 26.5. The van der Waals surface area contributed by atoms with Gasteiger partial charge in [0.05, 0.1) is 37.3 Å². The molecule has 0 radical (unpaired) electrons. The molecule has 2 aromatic heterocycles. The maximum atomic E-state index is 15.2. The molecule has 4 heterocycles. The Balaban J connectivity index is 1.39. The summed E-state index contributed by atoms with van der Waals surface area (Å²) in [5.41, 5.74) is 1.20. The van der Waals surface area contributed by atoms with E-state index in [1.807, 2.05) is 0 Å².